The highest BCUT2D eigenvalue weighted by Crippen LogP contribution is 2.21. The molecule has 2 saturated heterocycles. The number of nitrogens with one attached hydrogen (secondary N) is 1. The van der Waals surface area contributed by atoms with Crippen molar-refractivity contribution in [3.05, 3.63) is 47.8 Å². The molecule has 2 aromatic rings. The monoisotopic (exact) mass is 378 g/mol. The number of nitrogens with zero attached hydrogens (tertiary/aromatic N) is 5. The number of aromatic nitrogens is 2. The molecule has 1 aromatic carbocycles. The fourth-order valence-corrected chi connectivity index (χ4v) is 3.50. The van der Waals surface area contributed by atoms with Crippen LogP contribution in [0, 0.1) is 11.3 Å². The quantitative estimate of drug-likeness (QED) is 0.840. The molecular formula is C20H22N6O2. The van der Waals surface area contributed by atoms with E-state index >= 15 is 0 Å². The van der Waals surface area contributed by atoms with Gasteiger partial charge in [0, 0.05) is 32.2 Å². The van der Waals surface area contributed by atoms with Gasteiger partial charge >= 0.3 is 0 Å². The van der Waals surface area contributed by atoms with Crippen molar-refractivity contribution in [2.24, 2.45) is 0 Å². The highest BCUT2D eigenvalue weighted by molar-refractivity contribution is 5.86. The minimum absolute atomic E-state index is 0.0656. The van der Waals surface area contributed by atoms with Crippen LogP contribution in [0.25, 0.3) is 0 Å². The highest BCUT2D eigenvalue weighted by atomic mass is 16.5. The lowest BCUT2D eigenvalue weighted by Gasteiger charge is -2.28. The molecule has 28 heavy (non-hydrogen) atoms. The molecule has 2 fully saturated rings. The van der Waals surface area contributed by atoms with Crippen molar-refractivity contribution in [2.75, 3.05) is 43.1 Å². The SMILES string of the molecule is N#Cc1ccc(CN2CCC(Nc3cc(N4CCOCC4)ncn3)C2=O)cc1. The van der Waals surface area contributed by atoms with E-state index in [0.29, 0.717) is 37.7 Å². The Hall–Kier alpha value is -3.18. The average molecular weight is 378 g/mol. The molecule has 1 N–H and O–H groups in total. The molecule has 0 spiro atoms. The van der Waals surface area contributed by atoms with E-state index < -0.39 is 0 Å². The van der Waals surface area contributed by atoms with E-state index in [2.05, 4.69) is 26.3 Å². The summed E-state index contributed by atoms with van der Waals surface area (Å²) in [7, 11) is 0. The summed E-state index contributed by atoms with van der Waals surface area (Å²) in [6.07, 6.45) is 2.26. The first-order chi connectivity index (χ1) is 13.7. The molecule has 1 aromatic heterocycles. The van der Waals surface area contributed by atoms with Gasteiger partial charge in [-0.05, 0) is 24.1 Å². The molecule has 2 aliphatic rings. The summed E-state index contributed by atoms with van der Waals surface area (Å²) in [6.45, 7) is 4.23. The predicted molar refractivity (Wildman–Crippen MR) is 104 cm³/mol. The molecule has 1 atom stereocenters. The number of rotatable bonds is 5. The smallest absolute Gasteiger partial charge is 0.245 e. The Labute approximate surface area is 163 Å². The number of morpholine rings is 1. The second-order valence-electron chi connectivity index (χ2n) is 6.91. The molecule has 1 amide bonds. The molecule has 8 heteroatoms. The van der Waals surface area contributed by atoms with Crippen molar-refractivity contribution in [3.63, 3.8) is 0 Å². The largest absolute Gasteiger partial charge is 0.378 e. The lowest BCUT2D eigenvalue weighted by molar-refractivity contribution is -0.128. The van der Waals surface area contributed by atoms with Crippen molar-refractivity contribution in [1.29, 1.82) is 5.26 Å². The second-order valence-corrected chi connectivity index (χ2v) is 6.91. The van der Waals surface area contributed by atoms with Crippen LogP contribution in [0.2, 0.25) is 0 Å². The zero-order valence-electron chi connectivity index (χ0n) is 15.5. The van der Waals surface area contributed by atoms with Gasteiger partial charge in [-0.3, -0.25) is 4.79 Å². The molecule has 1 unspecified atom stereocenters. The number of ether oxygens (including phenoxy) is 1. The van der Waals surface area contributed by atoms with Gasteiger partial charge in [-0.25, -0.2) is 9.97 Å². The topological polar surface area (TPSA) is 94.4 Å². The number of anilines is 2. The number of carbonyl (C=O) groups is 1. The zero-order valence-corrected chi connectivity index (χ0v) is 15.5. The third-order valence-corrected chi connectivity index (χ3v) is 5.06. The van der Waals surface area contributed by atoms with Gasteiger partial charge in [-0.2, -0.15) is 5.26 Å². The van der Waals surface area contributed by atoms with Crippen LogP contribution in [-0.4, -0.2) is 59.7 Å². The van der Waals surface area contributed by atoms with Crippen LogP contribution in [0.4, 0.5) is 11.6 Å². The predicted octanol–water partition coefficient (Wildman–Crippen LogP) is 1.40. The van der Waals surface area contributed by atoms with Crippen LogP contribution in [0.1, 0.15) is 17.5 Å². The van der Waals surface area contributed by atoms with E-state index in [9.17, 15) is 4.79 Å². The minimum Gasteiger partial charge on any atom is -0.378 e. The van der Waals surface area contributed by atoms with Gasteiger partial charge in [0.05, 0.1) is 24.8 Å². The number of hydrogen-bond donors (Lipinski definition) is 1. The van der Waals surface area contributed by atoms with Crippen molar-refractivity contribution in [1.82, 2.24) is 14.9 Å². The summed E-state index contributed by atoms with van der Waals surface area (Å²) in [6, 6.07) is 11.1. The van der Waals surface area contributed by atoms with Crippen molar-refractivity contribution in [3.8, 4) is 6.07 Å². The summed E-state index contributed by atoms with van der Waals surface area (Å²) in [5, 5.41) is 12.2. The molecule has 3 heterocycles. The maximum atomic E-state index is 12.8. The van der Waals surface area contributed by atoms with Gasteiger partial charge in [-0.15, -0.1) is 0 Å². The Morgan fingerprint density at radius 2 is 1.96 bits per heavy atom. The van der Waals surface area contributed by atoms with E-state index in [1.807, 2.05) is 23.1 Å². The van der Waals surface area contributed by atoms with Crippen LogP contribution in [0.3, 0.4) is 0 Å². The summed E-state index contributed by atoms with van der Waals surface area (Å²) in [4.78, 5) is 25.4. The fraction of sp³-hybridized carbons (Fsp3) is 0.400. The number of likely N-dealkylation sites (tertiary alicyclic amines) is 1. The van der Waals surface area contributed by atoms with E-state index in [-0.39, 0.29) is 11.9 Å². The fourth-order valence-electron chi connectivity index (χ4n) is 3.50. The number of nitriles is 1. The first-order valence-corrected chi connectivity index (χ1v) is 9.42. The van der Waals surface area contributed by atoms with Crippen LogP contribution >= 0.6 is 0 Å². The Bertz CT molecular complexity index is 873. The van der Waals surface area contributed by atoms with Crippen LogP contribution in [-0.2, 0) is 16.1 Å². The number of hydrogen-bond acceptors (Lipinski definition) is 7. The standard InChI is InChI=1S/C20H22N6O2/c21-12-15-1-3-16(4-2-15)13-26-6-5-17(20(26)27)24-18-11-19(23-14-22-18)25-7-9-28-10-8-25/h1-4,11,14,17H,5-10,13H2,(H,22,23,24). The Kier molecular flexibility index (Phi) is 5.35. The van der Waals surface area contributed by atoms with E-state index in [1.54, 1.807) is 12.1 Å². The first kappa shape index (κ1) is 18.2. The highest BCUT2D eigenvalue weighted by Gasteiger charge is 2.31. The van der Waals surface area contributed by atoms with Gasteiger partial charge in [0.1, 0.15) is 24.0 Å². The summed E-state index contributed by atoms with van der Waals surface area (Å²) < 4.78 is 5.38. The van der Waals surface area contributed by atoms with Gasteiger partial charge in [0.15, 0.2) is 0 Å². The van der Waals surface area contributed by atoms with E-state index in [0.717, 1.165) is 30.9 Å². The molecule has 0 aliphatic carbocycles. The molecule has 144 valence electrons. The van der Waals surface area contributed by atoms with E-state index in [4.69, 9.17) is 10.00 Å². The lowest BCUT2D eigenvalue weighted by Crippen LogP contribution is -2.37. The number of carbonyl (C=O) groups excluding carboxylic acids is 1. The van der Waals surface area contributed by atoms with Gasteiger partial charge < -0.3 is 19.9 Å². The molecular weight excluding hydrogens is 356 g/mol. The first-order valence-electron chi connectivity index (χ1n) is 9.42. The van der Waals surface area contributed by atoms with Gasteiger partial charge in [0.25, 0.3) is 0 Å². The summed E-state index contributed by atoms with van der Waals surface area (Å²) in [5.74, 6) is 1.58. The Morgan fingerprint density at radius 1 is 1.18 bits per heavy atom. The second kappa shape index (κ2) is 8.23. The molecule has 8 nitrogen and oxygen atoms in total. The van der Waals surface area contributed by atoms with Crippen molar-refractivity contribution < 1.29 is 9.53 Å². The minimum atomic E-state index is -0.286. The summed E-state index contributed by atoms with van der Waals surface area (Å²) in [5.41, 5.74) is 1.64. The van der Waals surface area contributed by atoms with Crippen molar-refractivity contribution >= 4 is 17.5 Å². The third-order valence-electron chi connectivity index (χ3n) is 5.06. The van der Waals surface area contributed by atoms with Crippen LogP contribution in [0.5, 0.6) is 0 Å². The molecule has 0 saturated carbocycles. The third kappa shape index (κ3) is 4.05. The average Bonchev–Trinajstić information content (AvgIpc) is 3.09. The Balaban J connectivity index is 1.38. The van der Waals surface area contributed by atoms with Gasteiger partial charge in [-0.1, -0.05) is 12.1 Å². The van der Waals surface area contributed by atoms with E-state index in [1.165, 1.54) is 6.33 Å². The lowest BCUT2D eigenvalue weighted by atomic mass is 10.1. The number of benzene rings is 1. The molecule has 2 aliphatic heterocycles. The molecule has 4 rings (SSSR count). The zero-order chi connectivity index (χ0) is 19.3. The molecule has 0 radical (unpaired) electrons. The van der Waals surface area contributed by atoms with Crippen molar-refractivity contribution in [2.45, 2.75) is 19.0 Å². The Morgan fingerprint density at radius 3 is 2.71 bits per heavy atom. The number of amides is 1. The summed E-state index contributed by atoms with van der Waals surface area (Å²) >= 11 is 0. The van der Waals surface area contributed by atoms with Gasteiger partial charge in [0.2, 0.25) is 5.91 Å². The molecule has 0 bridgehead atoms. The maximum absolute atomic E-state index is 12.8. The van der Waals surface area contributed by atoms with Crippen LogP contribution < -0.4 is 10.2 Å². The normalized spacial score (nSPS) is 19.5. The maximum Gasteiger partial charge on any atom is 0.245 e. The van der Waals surface area contributed by atoms with Crippen LogP contribution in [0.15, 0.2) is 36.7 Å².